The molecule has 17 heavy (non-hydrogen) atoms. The molecule has 0 fully saturated rings. The highest BCUT2D eigenvalue weighted by atomic mass is 79.9. The Labute approximate surface area is 112 Å². The Hall–Kier alpha value is -0.500. The minimum absolute atomic E-state index is 0.0815. The molecule has 5 nitrogen and oxygen atoms in total. The van der Waals surface area contributed by atoms with Crippen molar-refractivity contribution in [2.45, 2.75) is 25.6 Å². The molecule has 2 atom stereocenters. The van der Waals surface area contributed by atoms with Gasteiger partial charge in [0.15, 0.2) is 5.69 Å². The number of carbonyl (C=O) groups is 1. The molecule has 0 spiro atoms. The van der Waals surface area contributed by atoms with E-state index in [9.17, 15) is 15.0 Å². The molecule has 0 aliphatic heterocycles. The minimum atomic E-state index is -1.11. The van der Waals surface area contributed by atoms with Crippen LogP contribution in [0.1, 0.15) is 34.8 Å². The first-order valence-electron chi connectivity index (χ1n) is 5.14. The second-order valence-corrected chi connectivity index (χ2v) is 4.95. The molecule has 1 aromatic heterocycles. The summed E-state index contributed by atoms with van der Waals surface area (Å²) in [5.74, 6) is -0.575. The van der Waals surface area contributed by atoms with Crippen LogP contribution in [0.4, 0.5) is 0 Å². The lowest BCUT2D eigenvalue weighted by molar-refractivity contribution is 0.0178. The Morgan fingerprint density at radius 2 is 2.35 bits per heavy atom. The van der Waals surface area contributed by atoms with Crippen LogP contribution >= 0.6 is 27.3 Å². The SMILES string of the molecule is CCOC(=O)c1ncsc1C(O)C(O)CCBr. The van der Waals surface area contributed by atoms with Crippen LogP contribution in [0.3, 0.4) is 0 Å². The third kappa shape index (κ3) is 3.74. The average molecular weight is 324 g/mol. The van der Waals surface area contributed by atoms with Crippen LogP contribution in [-0.2, 0) is 4.74 Å². The van der Waals surface area contributed by atoms with Crippen LogP contribution in [-0.4, -0.2) is 39.2 Å². The fraction of sp³-hybridized carbons (Fsp3) is 0.600. The van der Waals surface area contributed by atoms with Crippen LogP contribution in [0.2, 0.25) is 0 Å². The van der Waals surface area contributed by atoms with E-state index in [1.807, 2.05) is 0 Å². The molecular weight excluding hydrogens is 310 g/mol. The number of aliphatic hydroxyl groups excluding tert-OH is 2. The summed E-state index contributed by atoms with van der Waals surface area (Å²) in [6.45, 7) is 1.94. The van der Waals surface area contributed by atoms with Crippen LogP contribution in [0.15, 0.2) is 5.51 Å². The van der Waals surface area contributed by atoms with Crippen molar-refractivity contribution < 1.29 is 19.7 Å². The van der Waals surface area contributed by atoms with Gasteiger partial charge >= 0.3 is 5.97 Å². The van der Waals surface area contributed by atoms with Crippen LogP contribution in [0.25, 0.3) is 0 Å². The van der Waals surface area contributed by atoms with Gasteiger partial charge in [-0.05, 0) is 13.3 Å². The van der Waals surface area contributed by atoms with E-state index < -0.39 is 18.2 Å². The molecular formula is C10H14BrNO4S. The summed E-state index contributed by atoms with van der Waals surface area (Å²) >= 11 is 4.31. The number of nitrogens with zero attached hydrogens (tertiary/aromatic N) is 1. The molecule has 0 aliphatic rings. The smallest absolute Gasteiger partial charge is 0.358 e. The first-order valence-corrected chi connectivity index (χ1v) is 7.14. The molecule has 0 saturated heterocycles. The third-order valence-electron chi connectivity index (χ3n) is 2.10. The van der Waals surface area contributed by atoms with E-state index in [1.165, 1.54) is 5.51 Å². The molecule has 0 aromatic carbocycles. The maximum Gasteiger partial charge on any atom is 0.358 e. The number of ether oxygens (including phenoxy) is 1. The van der Waals surface area contributed by atoms with Crippen molar-refractivity contribution in [2.24, 2.45) is 0 Å². The van der Waals surface area contributed by atoms with E-state index in [1.54, 1.807) is 6.92 Å². The van der Waals surface area contributed by atoms with Crippen molar-refractivity contribution in [3.8, 4) is 0 Å². The lowest BCUT2D eigenvalue weighted by Gasteiger charge is -2.16. The number of hydrogen-bond acceptors (Lipinski definition) is 6. The Morgan fingerprint density at radius 1 is 1.65 bits per heavy atom. The van der Waals surface area contributed by atoms with E-state index in [0.29, 0.717) is 16.6 Å². The highest BCUT2D eigenvalue weighted by Gasteiger charge is 2.26. The molecule has 2 N–H and O–H groups in total. The molecule has 1 rings (SSSR count). The molecule has 2 unspecified atom stereocenters. The number of rotatable bonds is 6. The molecule has 0 saturated carbocycles. The van der Waals surface area contributed by atoms with Gasteiger partial charge in [-0.25, -0.2) is 9.78 Å². The van der Waals surface area contributed by atoms with Crippen molar-refractivity contribution in [1.29, 1.82) is 0 Å². The number of aliphatic hydroxyl groups is 2. The maximum atomic E-state index is 11.5. The summed E-state index contributed by atoms with van der Waals surface area (Å²) in [5, 5.41) is 20.1. The predicted molar refractivity (Wildman–Crippen MR) is 67.4 cm³/mol. The van der Waals surface area contributed by atoms with Crippen molar-refractivity contribution in [2.75, 3.05) is 11.9 Å². The Bertz CT molecular complexity index is 371. The monoisotopic (exact) mass is 323 g/mol. The van der Waals surface area contributed by atoms with Crippen molar-refractivity contribution in [3.63, 3.8) is 0 Å². The number of thiazole rings is 1. The van der Waals surface area contributed by atoms with Crippen molar-refractivity contribution in [3.05, 3.63) is 16.1 Å². The normalized spacial score (nSPS) is 14.4. The summed E-state index contributed by atoms with van der Waals surface area (Å²) < 4.78 is 4.82. The van der Waals surface area contributed by atoms with Gasteiger partial charge in [0, 0.05) is 5.33 Å². The predicted octanol–water partition coefficient (Wildman–Crippen LogP) is 1.50. The fourth-order valence-electron chi connectivity index (χ4n) is 1.26. The summed E-state index contributed by atoms with van der Waals surface area (Å²) in [4.78, 5) is 15.7. The van der Waals surface area contributed by atoms with E-state index >= 15 is 0 Å². The lowest BCUT2D eigenvalue weighted by atomic mass is 10.1. The summed E-state index contributed by atoms with van der Waals surface area (Å²) in [7, 11) is 0. The molecule has 1 heterocycles. The van der Waals surface area contributed by atoms with E-state index in [0.717, 1.165) is 11.3 Å². The molecule has 1 aromatic rings. The second-order valence-electron chi connectivity index (χ2n) is 3.28. The number of halogens is 1. The van der Waals surface area contributed by atoms with Gasteiger partial charge in [0.1, 0.15) is 6.10 Å². The second kappa shape index (κ2) is 7.05. The van der Waals surface area contributed by atoms with Gasteiger partial charge in [-0.15, -0.1) is 11.3 Å². The van der Waals surface area contributed by atoms with Gasteiger partial charge in [-0.1, -0.05) is 15.9 Å². The number of carbonyl (C=O) groups excluding carboxylic acids is 1. The lowest BCUT2D eigenvalue weighted by Crippen LogP contribution is -2.20. The minimum Gasteiger partial charge on any atom is -0.461 e. The van der Waals surface area contributed by atoms with Gasteiger partial charge in [0.2, 0.25) is 0 Å². The highest BCUT2D eigenvalue weighted by Crippen LogP contribution is 2.27. The number of aromatic nitrogens is 1. The number of hydrogen-bond donors (Lipinski definition) is 2. The van der Waals surface area contributed by atoms with Crippen molar-refractivity contribution >= 4 is 33.2 Å². The van der Waals surface area contributed by atoms with E-state index in [2.05, 4.69) is 20.9 Å². The molecule has 7 heteroatoms. The van der Waals surface area contributed by atoms with Crippen molar-refractivity contribution in [1.82, 2.24) is 4.98 Å². The molecule has 0 aliphatic carbocycles. The van der Waals surface area contributed by atoms with Gasteiger partial charge in [-0.2, -0.15) is 0 Å². The number of alkyl halides is 1. The van der Waals surface area contributed by atoms with Crippen LogP contribution < -0.4 is 0 Å². The van der Waals surface area contributed by atoms with Crippen LogP contribution in [0.5, 0.6) is 0 Å². The zero-order valence-corrected chi connectivity index (χ0v) is 11.7. The average Bonchev–Trinajstić information content (AvgIpc) is 2.77. The maximum absolute atomic E-state index is 11.5. The van der Waals surface area contributed by atoms with Crippen LogP contribution in [0, 0.1) is 0 Å². The van der Waals surface area contributed by atoms with Gasteiger partial charge < -0.3 is 14.9 Å². The molecule has 96 valence electrons. The Balaban J connectivity index is 2.83. The summed E-state index contributed by atoms with van der Waals surface area (Å²) in [6, 6.07) is 0. The fourth-order valence-corrected chi connectivity index (χ4v) is 2.55. The third-order valence-corrected chi connectivity index (χ3v) is 3.46. The summed E-state index contributed by atoms with van der Waals surface area (Å²) in [5.41, 5.74) is 1.53. The standard InChI is InChI=1S/C10H14BrNO4S/c1-2-16-10(15)7-9(17-5-12-7)8(14)6(13)3-4-11/h5-6,8,13-14H,2-4H2,1H3. The Kier molecular flexibility index (Phi) is 6.04. The van der Waals surface area contributed by atoms with Gasteiger partial charge in [0.05, 0.1) is 23.1 Å². The zero-order chi connectivity index (χ0) is 12.8. The zero-order valence-electron chi connectivity index (χ0n) is 9.30. The van der Waals surface area contributed by atoms with Gasteiger partial charge in [0.25, 0.3) is 0 Å². The first kappa shape index (κ1) is 14.6. The summed E-state index contributed by atoms with van der Waals surface area (Å²) in [6.07, 6.45) is -1.65. The topological polar surface area (TPSA) is 79.7 Å². The molecule has 0 bridgehead atoms. The largest absolute Gasteiger partial charge is 0.461 e. The van der Waals surface area contributed by atoms with E-state index in [4.69, 9.17) is 4.74 Å². The number of esters is 1. The highest BCUT2D eigenvalue weighted by molar-refractivity contribution is 9.09. The first-order chi connectivity index (χ1) is 8.11. The Morgan fingerprint density at radius 3 is 2.94 bits per heavy atom. The quantitative estimate of drug-likeness (QED) is 0.612. The molecule has 0 radical (unpaired) electrons. The van der Waals surface area contributed by atoms with E-state index in [-0.39, 0.29) is 12.3 Å². The van der Waals surface area contributed by atoms with Gasteiger partial charge in [-0.3, -0.25) is 0 Å². The molecule has 0 amide bonds.